The number of hydrogen-bond acceptors (Lipinski definition) is 4. The topological polar surface area (TPSA) is 52.6 Å². The van der Waals surface area contributed by atoms with Gasteiger partial charge in [-0.3, -0.25) is 4.79 Å². The largest absolute Gasteiger partial charge is 0.508 e. The highest BCUT2D eigenvalue weighted by molar-refractivity contribution is 7.97. The summed E-state index contributed by atoms with van der Waals surface area (Å²) < 4.78 is 2.10. The summed E-state index contributed by atoms with van der Waals surface area (Å²) in [5.74, 6) is 0.340. The van der Waals surface area contributed by atoms with Gasteiger partial charge in [-0.1, -0.05) is 0 Å². The second-order valence-corrected chi connectivity index (χ2v) is 5.12. The molecule has 1 amide bonds. The first-order chi connectivity index (χ1) is 8.20. The molecule has 1 aliphatic rings. The first-order valence-electron chi connectivity index (χ1n) is 5.66. The van der Waals surface area contributed by atoms with E-state index in [4.69, 9.17) is 0 Å². The van der Waals surface area contributed by atoms with Crippen LogP contribution in [-0.2, 0) is 4.79 Å². The van der Waals surface area contributed by atoms with Crippen molar-refractivity contribution in [1.82, 2.24) is 9.62 Å². The standard InChI is InChI=1S/C12H16N2O2S/c1-13-12(16)11-3-2-8-14(11)17-10-6-4-9(15)5-7-10/h4-7,11,15H,2-3,8H2,1H3,(H,13,16)/t11-/m0/s1. The van der Waals surface area contributed by atoms with Crippen LogP contribution in [0.3, 0.4) is 0 Å². The van der Waals surface area contributed by atoms with Gasteiger partial charge in [0.2, 0.25) is 5.91 Å². The monoisotopic (exact) mass is 252 g/mol. The van der Waals surface area contributed by atoms with E-state index in [1.807, 2.05) is 12.1 Å². The average Bonchev–Trinajstić information content (AvgIpc) is 2.79. The molecule has 1 aromatic rings. The number of amides is 1. The summed E-state index contributed by atoms with van der Waals surface area (Å²) in [6, 6.07) is 7.00. The molecule has 92 valence electrons. The van der Waals surface area contributed by atoms with E-state index in [9.17, 15) is 9.90 Å². The molecule has 1 saturated heterocycles. The van der Waals surface area contributed by atoms with Gasteiger partial charge in [-0.05, 0) is 49.1 Å². The minimum Gasteiger partial charge on any atom is -0.508 e. The Morgan fingerprint density at radius 2 is 2.18 bits per heavy atom. The van der Waals surface area contributed by atoms with Crippen LogP contribution < -0.4 is 5.32 Å². The summed E-state index contributed by atoms with van der Waals surface area (Å²) >= 11 is 1.57. The van der Waals surface area contributed by atoms with Gasteiger partial charge >= 0.3 is 0 Å². The van der Waals surface area contributed by atoms with Crippen LogP contribution in [0.1, 0.15) is 12.8 Å². The van der Waals surface area contributed by atoms with Crippen LogP contribution in [0.15, 0.2) is 29.2 Å². The molecule has 0 saturated carbocycles. The normalized spacial score (nSPS) is 20.4. The fourth-order valence-electron chi connectivity index (χ4n) is 1.92. The Balaban J connectivity index is 2.02. The molecule has 1 aliphatic heterocycles. The summed E-state index contributed by atoms with van der Waals surface area (Å²) in [7, 11) is 1.67. The van der Waals surface area contributed by atoms with Crippen molar-refractivity contribution in [3.05, 3.63) is 24.3 Å². The molecule has 5 heteroatoms. The third kappa shape index (κ3) is 2.92. The van der Waals surface area contributed by atoms with Crippen molar-refractivity contribution >= 4 is 17.9 Å². The Morgan fingerprint density at radius 1 is 1.47 bits per heavy atom. The van der Waals surface area contributed by atoms with Gasteiger partial charge in [-0.25, -0.2) is 4.31 Å². The van der Waals surface area contributed by atoms with Crippen molar-refractivity contribution in [2.24, 2.45) is 0 Å². The summed E-state index contributed by atoms with van der Waals surface area (Å²) in [6.45, 7) is 0.920. The Morgan fingerprint density at radius 3 is 2.82 bits per heavy atom. The Hall–Kier alpha value is -1.20. The fourth-order valence-corrected chi connectivity index (χ4v) is 3.00. The third-order valence-electron chi connectivity index (χ3n) is 2.81. The van der Waals surface area contributed by atoms with Gasteiger partial charge in [0.05, 0.1) is 6.04 Å². The summed E-state index contributed by atoms with van der Waals surface area (Å²) in [4.78, 5) is 12.7. The van der Waals surface area contributed by atoms with Crippen LogP contribution in [0.25, 0.3) is 0 Å². The van der Waals surface area contributed by atoms with Crippen LogP contribution in [0, 0.1) is 0 Å². The zero-order chi connectivity index (χ0) is 12.3. The number of carbonyl (C=O) groups is 1. The van der Waals surface area contributed by atoms with Gasteiger partial charge in [-0.2, -0.15) is 0 Å². The molecule has 2 N–H and O–H groups in total. The quantitative estimate of drug-likeness (QED) is 0.803. The predicted octanol–water partition coefficient (Wildman–Crippen LogP) is 1.61. The van der Waals surface area contributed by atoms with Crippen molar-refractivity contribution in [3.63, 3.8) is 0 Å². The lowest BCUT2D eigenvalue weighted by Gasteiger charge is -2.21. The zero-order valence-electron chi connectivity index (χ0n) is 9.72. The molecular formula is C12H16N2O2S. The lowest BCUT2D eigenvalue weighted by molar-refractivity contribution is -0.123. The summed E-state index contributed by atoms with van der Waals surface area (Å²) in [5, 5.41) is 11.9. The lowest BCUT2D eigenvalue weighted by atomic mass is 10.2. The smallest absolute Gasteiger partial charge is 0.238 e. The van der Waals surface area contributed by atoms with Crippen molar-refractivity contribution in [3.8, 4) is 5.75 Å². The van der Waals surface area contributed by atoms with Gasteiger partial charge < -0.3 is 10.4 Å². The van der Waals surface area contributed by atoms with E-state index in [0.717, 1.165) is 24.3 Å². The molecule has 1 fully saturated rings. The number of benzene rings is 1. The fraction of sp³-hybridized carbons (Fsp3) is 0.417. The molecule has 0 spiro atoms. The zero-order valence-corrected chi connectivity index (χ0v) is 10.5. The van der Waals surface area contributed by atoms with Gasteiger partial charge in [0.15, 0.2) is 0 Å². The Bertz CT molecular complexity index is 394. The Kier molecular flexibility index (Phi) is 3.91. The van der Waals surface area contributed by atoms with E-state index in [-0.39, 0.29) is 17.7 Å². The van der Waals surface area contributed by atoms with Gasteiger partial charge in [0.1, 0.15) is 5.75 Å². The molecule has 0 unspecified atom stereocenters. The van der Waals surface area contributed by atoms with E-state index in [2.05, 4.69) is 9.62 Å². The van der Waals surface area contributed by atoms with Crippen molar-refractivity contribution < 1.29 is 9.90 Å². The van der Waals surface area contributed by atoms with Crippen LogP contribution in [0.4, 0.5) is 0 Å². The molecule has 1 atom stereocenters. The first-order valence-corrected chi connectivity index (χ1v) is 6.43. The highest BCUT2D eigenvalue weighted by atomic mass is 32.2. The maximum absolute atomic E-state index is 11.7. The molecule has 1 heterocycles. The summed E-state index contributed by atoms with van der Waals surface area (Å²) in [6.07, 6.45) is 1.95. The molecule has 4 nitrogen and oxygen atoms in total. The lowest BCUT2D eigenvalue weighted by Crippen LogP contribution is -2.38. The van der Waals surface area contributed by atoms with E-state index in [1.165, 1.54) is 0 Å². The minimum absolute atomic E-state index is 0.0428. The first kappa shape index (κ1) is 12.3. The maximum atomic E-state index is 11.7. The second kappa shape index (κ2) is 5.42. The molecular weight excluding hydrogens is 236 g/mol. The number of nitrogens with zero attached hydrogens (tertiary/aromatic N) is 1. The number of likely N-dealkylation sites (N-methyl/N-ethyl adjacent to an activating group) is 1. The SMILES string of the molecule is CNC(=O)[C@@H]1CCCN1Sc1ccc(O)cc1. The van der Waals surface area contributed by atoms with Gasteiger partial charge in [-0.15, -0.1) is 0 Å². The van der Waals surface area contributed by atoms with Crippen LogP contribution >= 0.6 is 11.9 Å². The molecule has 0 aliphatic carbocycles. The van der Waals surface area contributed by atoms with E-state index >= 15 is 0 Å². The van der Waals surface area contributed by atoms with Gasteiger partial charge in [0.25, 0.3) is 0 Å². The highest BCUT2D eigenvalue weighted by Crippen LogP contribution is 2.31. The number of rotatable bonds is 3. The van der Waals surface area contributed by atoms with Gasteiger partial charge in [0, 0.05) is 18.5 Å². The molecule has 0 aromatic heterocycles. The van der Waals surface area contributed by atoms with Crippen molar-refractivity contribution in [1.29, 1.82) is 0 Å². The van der Waals surface area contributed by atoms with Crippen LogP contribution in [0.2, 0.25) is 0 Å². The number of carbonyl (C=O) groups excluding carboxylic acids is 1. The molecule has 1 aromatic carbocycles. The number of nitrogens with one attached hydrogen (secondary N) is 1. The molecule has 0 bridgehead atoms. The number of phenolic OH excluding ortho intramolecular Hbond substituents is 1. The minimum atomic E-state index is -0.0428. The van der Waals surface area contributed by atoms with E-state index in [0.29, 0.717) is 0 Å². The van der Waals surface area contributed by atoms with Crippen molar-refractivity contribution in [2.45, 2.75) is 23.8 Å². The predicted molar refractivity (Wildman–Crippen MR) is 67.8 cm³/mol. The van der Waals surface area contributed by atoms with Crippen LogP contribution in [0.5, 0.6) is 5.75 Å². The second-order valence-electron chi connectivity index (χ2n) is 4.00. The summed E-state index contributed by atoms with van der Waals surface area (Å²) in [5.41, 5.74) is 0. The van der Waals surface area contributed by atoms with E-state index < -0.39 is 0 Å². The maximum Gasteiger partial charge on any atom is 0.238 e. The number of phenols is 1. The Labute approximate surface area is 105 Å². The average molecular weight is 252 g/mol. The third-order valence-corrected chi connectivity index (χ3v) is 3.97. The van der Waals surface area contributed by atoms with E-state index in [1.54, 1.807) is 31.1 Å². The molecule has 17 heavy (non-hydrogen) atoms. The number of aromatic hydroxyl groups is 1. The van der Waals surface area contributed by atoms with Crippen LogP contribution in [-0.4, -0.2) is 35.0 Å². The number of hydrogen-bond donors (Lipinski definition) is 2. The molecule has 2 rings (SSSR count). The highest BCUT2D eigenvalue weighted by Gasteiger charge is 2.30. The van der Waals surface area contributed by atoms with Crippen molar-refractivity contribution in [2.75, 3.05) is 13.6 Å². The molecule has 0 radical (unpaired) electrons.